The summed E-state index contributed by atoms with van der Waals surface area (Å²) in [5, 5.41) is 143. The second kappa shape index (κ2) is 37.2. The Morgan fingerprint density at radius 2 is 1.42 bits per heavy atom. The fourth-order valence-electron chi connectivity index (χ4n) is 13.6. The molecule has 4 fully saturated rings. The maximum absolute atomic E-state index is 14.4. The van der Waals surface area contributed by atoms with Gasteiger partial charge in [-0.1, -0.05) is 45.9 Å². The lowest BCUT2D eigenvalue weighted by Gasteiger charge is -2.45. The van der Waals surface area contributed by atoms with Crippen LogP contribution in [0.25, 0.3) is 10.8 Å². The largest absolute Gasteiger partial charge is 0.507 e. The monoisotopic (exact) mass is 1540 g/mol. The maximum Gasteiger partial charge on any atom is 0.312 e. The van der Waals surface area contributed by atoms with E-state index in [2.05, 4.69) is 35.6 Å². The average Bonchev–Trinajstić information content (AvgIpc) is 1.62. The summed E-state index contributed by atoms with van der Waals surface area (Å²) in [5.74, 6) is -4.80. The summed E-state index contributed by atoms with van der Waals surface area (Å²) in [6.45, 7) is 15.7. The van der Waals surface area contributed by atoms with Gasteiger partial charge < -0.3 is 138 Å². The molecular weight excluding hydrogens is 1440 g/mol. The molecule has 7 aliphatic rings. The van der Waals surface area contributed by atoms with Crippen LogP contribution in [0, 0.1) is 30.6 Å². The zero-order valence-electron chi connectivity index (χ0n) is 62.3. The molecule has 6 aliphatic heterocycles. The standard InChI is InChI=1S/C43H58N4O12.C21H39N7O12.C6H7N3O/c1-21-12-11-13-22(2)42(55)45-33-28(20-44-47-17-15-46(9)16-18-47)37(52)30-31(38(33)53)36(51)26(6)40-32(30)41(54)43(8,59-40)57-19-14-29(56-10)23(3)39(58-27(7)48)25(5)35(50)24(4)34(21)49;1-5-21(36,4-30)16(40-17-9(26-2)13(34)10(31)6(3-29)38-17)18(37-5)39-15-8(28-20(24)25)11(32)7(27-19(22)23)12(33)14(15)35;7-9-6(10)5-1-3-8-4-2-5/h11-14,19-21,23-25,29,34-35,39,49-53H,15-18H2,1-10H3,(H,45,55);4-18,26,29,31-36H,3H2,1-2H3,(H4,22,23,27)(H4,24,25,28);1-4H,7H2,(H,9,10)/b12-11+,19-14+,22-13-,44-20-;;/t21-,23-,24-,25-,29+,34+,35+,39-,43+;5-,6-,7+,8-,9-,10-,11+,12-,13-,14+,15+,16-,17-,18-,21+;/m10./s1. The number of carbonyl (C=O) groups excluding carboxylic acids is 5. The number of piperazine rings is 1. The number of aliphatic imine (C=N–C) groups is 2. The second-order valence-corrected chi connectivity index (χ2v) is 27.7. The number of nitrogens with one attached hydrogen (secondary N) is 3. The number of methoxy groups -OCH3 is 1. The molecule has 39 nitrogen and oxygen atoms in total. The molecule has 3 saturated heterocycles. The van der Waals surface area contributed by atoms with E-state index in [1.807, 2.05) is 12.5 Å². The number of carbonyl (C=O) groups is 5. The molecule has 2 amide bonds. The number of nitrogens with zero attached hydrogens (tertiary/aromatic N) is 6. The Morgan fingerprint density at radius 3 is 2.00 bits per heavy atom. The summed E-state index contributed by atoms with van der Waals surface area (Å²) >= 11 is 0. The van der Waals surface area contributed by atoms with E-state index < -0.39 is 199 Å². The second-order valence-electron chi connectivity index (χ2n) is 27.7. The first-order valence-electron chi connectivity index (χ1n) is 34.9. The Balaban J connectivity index is 0.000000283. The number of aromatic hydroxyl groups is 3. The van der Waals surface area contributed by atoms with Crippen LogP contribution in [-0.2, 0) is 47.5 Å². The molecule has 25 N–H and O–H groups in total. The number of hydrogen-bond acceptors (Lipinski definition) is 33. The molecule has 1 aliphatic carbocycles. The number of hydrazine groups is 1. The molecule has 2 aromatic carbocycles. The molecule has 7 heterocycles. The van der Waals surface area contributed by atoms with E-state index >= 15 is 0 Å². The van der Waals surface area contributed by atoms with E-state index in [9.17, 15) is 85.3 Å². The number of aliphatic hydroxyl groups excluding tert-OH is 8. The number of esters is 1. The lowest BCUT2D eigenvalue weighted by molar-refractivity contribution is -0.314. The number of rotatable bonds is 14. The van der Waals surface area contributed by atoms with Gasteiger partial charge in [0.1, 0.15) is 84.3 Å². The van der Waals surface area contributed by atoms with Gasteiger partial charge in [0, 0.05) is 105 Å². The van der Waals surface area contributed by atoms with Crippen molar-refractivity contribution in [3.05, 3.63) is 82.9 Å². The van der Waals surface area contributed by atoms with Crippen LogP contribution >= 0.6 is 0 Å². The Hall–Kier alpha value is -8.85. The number of amides is 2. The Kier molecular flexibility index (Phi) is 29.9. The van der Waals surface area contributed by atoms with Gasteiger partial charge in [-0.15, -0.1) is 0 Å². The van der Waals surface area contributed by atoms with Crippen LogP contribution in [-0.4, -0.2) is 300 Å². The van der Waals surface area contributed by atoms with Crippen molar-refractivity contribution in [2.45, 2.75) is 184 Å². The van der Waals surface area contributed by atoms with Crippen molar-refractivity contribution < 1.29 is 123 Å². The van der Waals surface area contributed by atoms with Crippen molar-refractivity contribution in [1.29, 1.82) is 0 Å². The molecule has 10 rings (SSSR count). The number of fused-ring (bicyclic) bond motifs is 14. The van der Waals surface area contributed by atoms with Crippen LogP contribution in [0.15, 0.2) is 75.8 Å². The molecule has 0 spiro atoms. The van der Waals surface area contributed by atoms with Crippen LogP contribution in [0.1, 0.15) is 87.2 Å². The summed E-state index contributed by atoms with van der Waals surface area (Å²) < 4.78 is 46.5. The van der Waals surface area contributed by atoms with E-state index in [1.54, 1.807) is 57.0 Å². The summed E-state index contributed by atoms with van der Waals surface area (Å²) in [6.07, 6.45) is -9.39. The lowest BCUT2D eigenvalue weighted by Crippen LogP contribution is -2.66. The van der Waals surface area contributed by atoms with E-state index in [4.69, 9.17) is 66.7 Å². The summed E-state index contributed by atoms with van der Waals surface area (Å²) in [5.41, 5.74) is 21.6. The van der Waals surface area contributed by atoms with Gasteiger partial charge in [-0.05, 0) is 53.1 Å². The quantitative estimate of drug-likeness (QED) is 0.00839. The fraction of sp³-hybridized carbons (Fsp3) is 0.586. The number of ketones is 1. The van der Waals surface area contributed by atoms with Gasteiger partial charge in [0.2, 0.25) is 0 Å². The number of anilines is 1. The fourth-order valence-corrected chi connectivity index (χ4v) is 13.6. The number of guanidine groups is 2. The molecular formula is C70H104N14O25. The Morgan fingerprint density at radius 1 is 0.789 bits per heavy atom. The molecule has 604 valence electrons. The number of hydrazone groups is 1. The van der Waals surface area contributed by atoms with Crippen LogP contribution in [0.5, 0.6) is 23.0 Å². The first-order chi connectivity index (χ1) is 51.3. The van der Waals surface area contributed by atoms with Gasteiger partial charge in [0.05, 0.1) is 71.7 Å². The average molecular weight is 1540 g/mol. The number of likely N-dealkylation sites (N-methyl/N-ethyl adjacent to an activating group) is 2. The van der Waals surface area contributed by atoms with E-state index in [1.165, 1.54) is 85.8 Å². The number of aromatic nitrogens is 1. The van der Waals surface area contributed by atoms with E-state index in [0.29, 0.717) is 18.7 Å². The van der Waals surface area contributed by atoms with Crippen molar-refractivity contribution in [3.8, 4) is 23.0 Å². The first-order valence-corrected chi connectivity index (χ1v) is 34.9. The van der Waals surface area contributed by atoms with Crippen molar-refractivity contribution in [2.24, 2.45) is 67.5 Å². The Bertz CT molecular complexity index is 3880. The molecule has 1 saturated carbocycles. The van der Waals surface area contributed by atoms with Crippen molar-refractivity contribution >= 4 is 64.4 Å². The number of benzene rings is 2. The molecule has 109 heavy (non-hydrogen) atoms. The van der Waals surface area contributed by atoms with Gasteiger partial charge in [-0.3, -0.25) is 39.4 Å². The number of phenolic OH excluding ortho intramolecular Hbond substituents is 3. The highest BCUT2D eigenvalue weighted by Gasteiger charge is 2.61. The van der Waals surface area contributed by atoms with E-state index in [-0.39, 0.29) is 56.7 Å². The van der Waals surface area contributed by atoms with Gasteiger partial charge in [-0.2, -0.15) is 5.10 Å². The number of aliphatic hydroxyl groups is 9. The highest BCUT2D eigenvalue weighted by Crippen LogP contribution is 2.55. The zero-order chi connectivity index (χ0) is 81.2. The minimum absolute atomic E-state index is 0.0559. The highest BCUT2D eigenvalue weighted by molar-refractivity contribution is 6.24. The SMILES string of the molecule is CN[C@@H]1[C@H](O[C@H]2[C@H](O[C@H]3[C@H](O)[C@@H](O)[C@H](N=C(N)N)[C@@H](O)[C@@H]3N=C(N)N)O[C@@H](C)[C@]2(O)C=O)O[C@@H](CO)[C@H](O)[C@H]1O.CO[C@H]1/C=C/O[C@@]2(C)Oc3c(C)c(O)c4c(O)c(c(/C=N\N5CCN(C)CC5)c(O)c4c3C2=O)NC(=O)/C(C)=C\C=C\[C@@H](C)[C@H](O)[C@@H](C)[C@H](O)[C@@H](C)[C@H](OC(C)=O)[C@@H]1C.NNC(=O)c1ccncc1. The van der Waals surface area contributed by atoms with Gasteiger partial charge in [-0.25, -0.2) is 15.8 Å². The zero-order valence-corrected chi connectivity index (χ0v) is 62.3. The number of ether oxygens (including phenoxy) is 8. The Labute approximate surface area is 627 Å². The summed E-state index contributed by atoms with van der Waals surface area (Å²) in [6, 6.07) is -0.910. The number of nitrogen functional groups attached to an aromatic ring is 1. The van der Waals surface area contributed by atoms with Gasteiger partial charge >= 0.3 is 11.8 Å². The topological polar surface area (TPSA) is 625 Å². The molecule has 1 aromatic heterocycles. The van der Waals surface area contributed by atoms with Crippen molar-refractivity contribution in [1.82, 2.24) is 25.6 Å². The third kappa shape index (κ3) is 19.1. The normalized spacial score (nSPS) is 35.6. The van der Waals surface area contributed by atoms with Crippen LogP contribution in [0.2, 0.25) is 0 Å². The molecule has 0 unspecified atom stereocenters. The molecule has 3 aromatic rings. The number of hydrogen-bond donors (Lipinski definition) is 20. The van der Waals surface area contributed by atoms with Crippen LogP contribution < -0.4 is 49.6 Å². The van der Waals surface area contributed by atoms with Crippen LogP contribution in [0.4, 0.5) is 5.69 Å². The summed E-state index contributed by atoms with van der Waals surface area (Å²) in [4.78, 5) is 76.8. The van der Waals surface area contributed by atoms with E-state index in [0.717, 1.165) is 13.1 Å². The molecule has 5 bridgehead atoms. The number of pyridine rings is 1. The number of aldehydes is 1. The third-order valence-corrected chi connectivity index (χ3v) is 20.3. The smallest absolute Gasteiger partial charge is 0.312 e. The number of Topliss-reactive ketones (excluding diaryl/α,β-unsaturated/α-hetero) is 1. The van der Waals surface area contributed by atoms with Crippen molar-refractivity contribution in [3.63, 3.8) is 0 Å². The predicted octanol–water partition coefficient (Wildman–Crippen LogP) is -4.14. The highest BCUT2D eigenvalue weighted by atomic mass is 16.8. The van der Waals surface area contributed by atoms with Crippen LogP contribution in [0.3, 0.4) is 0 Å². The van der Waals surface area contributed by atoms with Gasteiger partial charge in [0.25, 0.3) is 17.6 Å². The number of allylic oxidation sites excluding steroid dienone is 2. The number of nitrogens with two attached hydrogens (primary N) is 5. The minimum atomic E-state index is -2.38. The third-order valence-electron chi connectivity index (χ3n) is 20.3. The molecule has 24 atom stereocenters. The first kappa shape index (κ1) is 87.4. The molecule has 0 radical (unpaired) electrons. The minimum Gasteiger partial charge on any atom is -0.507 e. The summed E-state index contributed by atoms with van der Waals surface area (Å²) in [7, 11) is 4.84. The molecule has 39 heteroatoms. The lowest BCUT2D eigenvalue weighted by atomic mass is 9.78. The predicted molar refractivity (Wildman–Crippen MR) is 389 cm³/mol. The van der Waals surface area contributed by atoms with Crippen molar-refractivity contribution in [2.75, 3.05) is 59.3 Å². The maximum atomic E-state index is 14.4. The number of phenols is 3. The van der Waals surface area contributed by atoms with Gasteiger partial charge in [0.15, 0.2) is 42.1 Å².